The number of benzene rings is 2. The fraction of sp³-hybridized carbons (Fsp3) is 0.0500. The van der Waals surface area contributed by atoms with E-state index < -0.39 is 23.6 Å². The van der Waals surface area contributed by atoms with E-state index in [0.29, 0.717) is 5.56 Å². The smallest absolute Gasteiger partial charge is 0.322 e. The van der Waals surface area contributed by atoms with E-state index >= 15 is 0 Å². The molecule has 0 spiro atoms. The molecule has 0 unspecified atom stereocenters. The number of nitrogens with one attached hydrogen (secondary N) is 2. The lowest BCUT2D eigenvalue weighted by atomic mass is 10.1. The Morgan fingerprint density at radius 3 is 2.25 bits per heavy atom. The molecular formula is C20H14F3N3O2. The lowest BCUT2D eigenvalue weighted by molar-refractivity contribution is -0.137. The van der Waals surface area contributed by atoms with Crippen LogP contribution in [0.15, 0.2) is 73.1 Å². The van der Waals surface area contributed by atoms with Gasteiger partial charge in [-0.05, 0) is 42.5 Å². The van der Waals surface area contributed by atoms with Crippen molar-refractivity contribution in [1.82, 2.24) is 4.98 Å². The maximum atomic E-state index is 12.8. The lowest BCUT2D eigenvalue weighted by Gasteiger charge is -2.13. The van der Waals surface area contributed by atoms with Gasteiger partial charge in [-0.3, -0.25) is 14.6 Å². The average Bonchev–Trinajstić information content (AvgIpc) is 2.68. The maximum Gasteiger partial charge on any atom is 0.416 e. The van der Waals surface area contributed by atoms with Gasteiger partial charge in [0.25, 0.3) is 11.8 Å². The van der Waals surface area contributed by atoms with Crippen LogP contribution in [-0.4, -0.2) is 16.8 Å². The molecule has 0 fully saturated rings. The minimum absolute atomic E-state index is 0.00455. The molecule has 2 aromatic carbocycles. The number of carbonyl (C=O) groups excluding carboxylic acids is 2. The molecule has 0 aliphatic rings. The predicted octanol–water partition coefficient (Wildman–Crippen LogP) is 4.61. The molecule has 28 heavy (non-hydrogen) atoms. The zero-order valence-electron chi connectivity index (χ0n) is 14.3. The topological polar surface area (TPSA) is 71.1 Å². The van der Waals surface area contributed by atoms with Gasteiger partial charge in [-0.15, -0.1) is 0 Å². The van der Waals surface area contributed by atoms with E-state index in [0.717, 1.165) is 12.1 Å². The number of hydrogen-bond donors (Lipinski definition) is 2. The number of pyridine rings is 1. The van der Waals surface area contributed by atoms with Gasteiger partial charge in [0.2, 0.25) is 0 Å². The first-order chi connectivity index (χ1) is 13.3. The first-order valence-electron chi connectivity index (χ1n) is 8.13. The largest absolute Gasteiger partial charge is 0.416 e. The summed E-state index contributed by atoms with van der Waals surface area (Å²) in [5.74, 6) is -1.09. The highest BCUT2D eigenvalue weighted by atomic mass is 19.4. The van der Waals surface area contributed by atoms with Gasteiger partial charge in [0.15, 0.2) is 0 Å². The lowest BCUT2D eigenvalue weighted by Crippen LogP contribution is -2.18. The van der Waals surface area contributed by atoms with E-state index in [1.165, 1.54) is 48.8 Å². The van der Waals surface area contributed by atoms with E-state index in [1.54, 1.807) is 12.1 Å². The Labute approximate surface area is 158 Å². The number of para-hydroxylation sites is 1. The van der Waals surface area contributed by atoms with E-state index in [2.05, 4.69) is 15.6 Å². The second-order valence-corrected chi connectivity index (χ2v) is 5.77. The number of hydrogen-bond acceptors (Lipinski definition) is 3. The Balaban J connectivity index is 1.81. The van der Waals surface area contributed by atoms with E-state index in [-0.39, 0.29) is 16.9 Å². The van der Waals surface area contributed by atoms with Crippen LogP contribution in [0.1, 0.15) is 26.3 Å². The van der Waals surface area contributed by atoms with Crippen LogP contribution in [-0.2, 0) is 6.18 Å². The number of rotatable bonds is 4. The highest BCUT2D eigenvalue weighted by molar-refractivity contribution is 6.12. The summed E-state index contributed by atoms with van der Waals surface area (Å²) in [5, 5.41) is 5.05. The molecule has 8 heteroatoms. The zero-order chi connectivity index (χ0) is 20.1. The molecule has 0 saturated heterocycles. The summed E-state index contributed by atoms with van der Waals surface area (Å²) in [5.41, 5.74) is -0.182. The molecule has 2 N–H and O–H groups in total. The van der Waals surface area contributed by atoms with Crippen molar-refractivity contribution in [3.63, 3.8) is 0 Å². The molecule has 0 aliphatic carbocycles. The molecule has 3 rings (SSSR count). The van der Waals surface area contributed by atoms with Crippen LogP contribution in [0, 0.1) is 0 Å². The SMILES string of the molecule is O=C(Nc1ccccc1C(=O)Nc1cccc(C(F)(F)F)c1)c1ccncc1. The standard InChI is InChI=1S/C20H14F3N3O2/c21-20(22,23)14-4-3-5-15(12-14)25-19(28)16-6-1-2-7-17(16)26-18(27)13-8-10-24-11-9-13/h1-12H,(H,25,28)(H,26,27). The molecule has 0 atom stereocenters. The summed E-state index contributed by atoms with van der Waals surface area (Å²) >= 11 is 0. The van der Waals surface area contributed by atoms with Gasteiger partial charge < -0.3 is 10.6 Å². The van der Waals surface area contributed by atoms with Crippen molar-refractivity contribution in [1.29, 1.82) is 0 Å². The molecular weight excluding hydrogens is 371 g/mol. The van der Waals surface area contributed by atoms with Crippen LogP contribution < -0.4 is 10.6 Å². The van der Waals surface area contributed by atoms with Crippen LogP contribution in [0.25, 0.3) is 0 Å². The third-order valence-corrected chi connectivity index (χ3v) is 3.81. The Kier molecular flexibility index (Phi) is 5.39. The average molecular weight is 385 g/mol. The second-order valence-electron chi connectivity index (χ2n) is 5.77. The molecule has 0 radical (unpaired) electrons. The van der Waals surface area contributed by atoms with E-state index in [1.807, 2.05) is 0 Å². The van der Waals surface area contributed by atoms with E-state index in [4.69, 9.17) is 0 Å². The Bertz CT molecular complexity index is 1000. The maximum absolute atomic E-state index is 12.8. The van der Waals surface area contributed by atoms with Crippen LogP contribution in [0.4, 0.5) is 24.5 Å². The number of carbonyl (C=O) groups is 2. The van der Waals surface area contributed by atoms with Crippen LogP contribution in [0.2, 0.25) is 0 Å². The van der Waals surface area contributed by atoms with Crippen LogP contribution >= 0.6 is 0 Å². The normalized spacial score (nSPS) is 11.0. The van der Waals surface area contributed by atoms with Crippen molar-refractivity contribution < 1.29 is 22.8 Å². The molecule has 5 nitrogen and oxygen atoms in total. The van der Waals surface area contributed by atoms with Gasteiger partial charge in [-0.2, -0.15) is 13.2 Å². The molecule has 1 aromatic heterocycles. The van der Waals surface area contributed by atoms with Crippen LogP contribution in [0.5, 0.6) is 0 Å². The highest BCUT2D eigenvalue weighted by Crippen LogP contribution is 2.31. The first-order valence-corrected chi connectivity index (χ1v) is 8.13. The minimum atomic E-state index is -4.52. The van der Waals surface area contributed by atoms with Crippen LogP contribution in [0.3, 0.4) is 0 Å². The van der Waals surface area contributed by atoms with Crippen molar-refractivity contribution in [2.75, 3.05) is 10.6 Å². The number of amides is 2. The van der Waals surface area contributed by atoms with Gasteiger partial charge >= 0.3 is 6.18 Å². The van der Waals surface area contributed by atoms with Gasteiger partial charge in [0.05, 0.1) is 16.8 Å². The summed E-state index contributed by atoms with van der Waals surface area (Å²) < 4.78 is 38.5. The third-order valence-electron chi connectivity index (χ3n) is 3.81. The summed E-state index contributed by atoms with van der Waals surface area (Å²) in [6, 6.07) is 13.5. The molecule has 0 saturated carbocycles. The van der Waals surface area contributed by atoms with Gasteiger partial charge in [-0.1, -0.05) is 18.2 Å². The van der Waals surface area contributed by atoms with E-state index in [9.17, 15) is 22.8 Å². The quantitative estimate of drug-likeness (QED) is 0.689. The summed E-state index contributed by atoms with van der Waals surface area (Å²) in [6.07, 6.45) is -1.60. The van der Waals surface area contributed by atoms with Crippen molar-refractivity contribution in [2.24, 2.45) is 0 Å². The molecule has 2 amide bonds. The fourth-order valence-corrected chi connectivity index (χ4v) is 2.46. The number of aromatic nitrogens is 1. The molecule has 3 aromatic rings. The number of nitrogens with zero attached hydrogens (tertiary/aromatic N) is 1. The van der Waals surface area contributed by atoms with Gasteiger partial charge in [-0.25, -0.2) is 0 Å². The van der Waals surface area contributed by atoms with Gasteiger partial charge in [0, 0.05) is 23.6 Å². The molecule has 142 valence electrons. The van der Waals surface area contributed by atoms with Crippen molar-refractivity contribution in [2.45, 2.75) is 6.18 Å². The summed E-state index contributed by atoms with van der Waals surface area (Å²) in [4.78, 5) is 28.7. The third kappa shape index (κ3) is 4.53. The number of halogens is 3. The number of anilines is 2. The van der Waals surface area contributed by atoms with Crippen molar-refractivity contribution >= 4 is 23.2 Å². The number of alkyl halides is 3. The Morgan fingerprint density at radius 2 is 1.54 bits per heavy atom. The highest BCUT2D eigenvalue weighted by Gasteiger charge is 2.30. The molecule has 0 aliphatic heterocycles. The fourth-order valence-electron chi connectivity index (χ4n) is 2.46. The van der Waals surface area contributed by atoms with Gasteiger partial charge in [0.1, 0.15) is 0 Å². The van der Waals surface area contributed by atoms with Crippen molar-refractivity contribution in [3.05, 3.63) is 89.7 Å². The summed E-state index contributed by atoms with van der Waals surface area (Å²) in [6.45, 7) is 0. The molecule has 0 bridgehead atoms. The predicted molar refractivity (Wildman–Crippen MR) is 98.0 cm³/mol. The zero-order valence-corrected chi connectivity index (χ0v) is 14.3. The molecule has 1 heterocycles. The Morgan fingerprint density at radius 1 is 0.821 bits per heavy atom. The minimum Gasteiger partial charge on any atom is -0.322 e. The van der Waals surface area contributed by atoms with Crippen molar-refractivity contribution in [3.8, 4) is 0 Å². The summed E-state index contributed by atoms with van der Waals surface area (Å²) in [7, 11) is 0. The monoisotopic (exact) mass is 385 g/mol. The second kappa shape index (κ2) is 7.91. The first kappa shape index (κ1) is 19.1. The Hall–Kier alpha value is -3.68.